The van der Waals surface area contributed by atoms with Crippen molar-refractivity contribution in [2.75, 3.05) is 23.3 Å². The van der Waals surface area contributed by atoms with Gasteiger partial charge >= 0.3 is 6.03 Å². The molecule has 2 fully saturated rings. The zero-order valence-corrected chi connectivity index (χ0v) is 11.6. The lowest BCUT2D eigenvalue weighted by molar-refractivity contribution is 0.252. The Balaban J connectivity index is 1.74. The molecule has 4 heteroatoms. The summed E-state index contributed by atoms with van der Waals surface area (Å²) < 4.78 is 0. The summed E-state index contributed by atoms with van der Waals surface area (Å²) in [7, 11) is 0. The number of benzene rings is 1. The van der Waals surface area contributed by atoms with E-state index in [0.29, 0.717) is 11.5 Å². The van der Waals surface area contributed by atoms with Gasteiger partial charge in [-0.05, 0) is 43.4 Å². The molecular weight excluding hydrogens is 238 g/mol. The van der Waals surface area contributed by atoms with Crippen molar-refractivity contribution >= 4 is 17.4 Å². The Morgan fingerprint density at radius 1 is 1.42 bits per heavy atom. The first-order valence-electron chi connectivity index (χ1n) is 7.00. The van der Waals surface area contributed by atoms with Gasteiger partial charge in [-0.25, -0.2) is 4.79 Å². The second-order valence-electron chi connectivity index (χ2n) is 5.95. The molecular formula is C15H21N3O. The first kappa shape index (κ1) is 12.3. The van der Waals surface area contributed by atoms with Gasteiger partial charge in [0.2, 0.25) is 0 Å². The molecule has 1 saturated carbocycles. The Morgan fingerprint density at radius 3 is 2.84 bits per heavy atom. The van der Waals surface area contributed by atoms with Crippen LogP contribution in [0.2, 0.25) is 0 Å². The number of carbonyl (C=O) groups is 1. The van der Waals surface area contributed by atoms with Gasteiger partial charge in [0.05, 0.1) is 0 Å². The number of urea groups is 1. The van der Waals surface area contributed by atoms with Crippen LogP contribution >= 0.6 is 0 Å². The van der Waals surface area contributed by atoms with Crippen LogP contribution in [0.15, 0.2) is 24.3 Å². The standard InChI is InChI=1S/C15H21N3O/c1-11(15(2)6-7-15)17-12-4-3-5-13(10-12)18-9-8-16-14(18)19/h3-5,10-11,17H,6-9H2,1-2H3,(H,16,19). The van der Waals surface area contributed by atoms with Gasteiger partial charge in [-0.15, -0.1) is 0 Å². The molecule has 2 aliphatic rings. The Morgan fingerprint density at radius 2 is 2.21 bits per heavy atom. The number of anilines is 2. The average molecular weight is 259 g/mol. The predicted molar refractivity (Wildman–Crippen MR) is 77.6 cm³/mol. The van der Waals surface area contributed by atoms with E-state index in [4.69, 9.17) is 0 Å². The highest BCUT2D eigenvalue weighted by molar-refractivity contribution is 5.94. The van der Waals surface area contributed by atoms with E-state index in [1.165, 1.54) is 12.8 Å². The van der Waals surface area contributed by atoms with Crippen LogP contribution in [-0.4, -0.2) is 25.2 Å². The fourth-order valence-corrected chi connectivity index (χ4v) is 2.54. The molecule has 1 unspecified atom stereocenters. The highest BCUT2D eigenvalue weighted by atomic mass is 16.2. The maximum absolute atomic E-state index is 11.7. The zero-order valence-electron chi connectivity index (χ0n) is 11.6. The summed E-state index contributed by atoms with van der Waals surface area (Å²) in [6.45, 7) is 6.03. The molecule has 1 aromatic rings. The maximum atomic E-state index is 11.7. The Bertz CT molecular complexity index is 496. The average Bonchev–Trinajstić information content (AvgIpc) is 3.00. The van der Waals surface area contributed by atoms with Gasteiger partial charge in [0.1, 0.15) is 0 Å². The lowest BCUT2D eigenvalue weighted by Gasteiger charge is -2.23. The van der Waals surface area contributed by atoms with Crippen LogP contribution in [0.3, 0.4) is 0 Å². The second-order valence-corrected chi connectivity index (χ2v) is 5.95. The molecule has 1 atom stereocenters. The summed E-state index contributed by atoms with van der Waals surface area (Å²) in [5, 5.41) is 6.39. The topological polar surface area (TPSA) is 44.4 Å². The van der Waals surface area contributed by atoms with Gasteiger partial charge in [-0.2, -0.15) is 0 Å². The van der Waals surface area contributed by atoms with Crippen LogP contribution in [0.1, 0.15) is 26.7 Å². The molecule has 2 N–H and O–H groups in total. The second kappa shape index (κ2) is 4.44. The Labute approximate surface area is 114 Å². The van der Waals surface area contributed by atoms with Gasteiger partial charge in [0, 0.05) is 30.5 Å². The number of hydrogen-bond acceptors (Lipinski definition) is 2. The predicted octanol–water partition coefficient (Wildman–Crippen LogP) is 2.82. The van der Waals surface area contributed by atoms with E-state index >= 15 is 0 Å². The summed E-state index contributed by atoms with van der Waals surface area (Å²) in [5.41, 5.74) is 2.51. The summed E-state index contributed by atoms with van der Waals surface area (Å²) in [4.78, 5) is 13.5. The van der Waals surface area contributed by atoms with Crippen molar-refractivity contribution in [3.8, 4) is 0 Å². The molecule has 0 radical (unpaired) electrons. The molecule has 2 amide bonds. The molecule has 0 bridgehead atoms. The first-order chi connectivity index (χ1) is 9.08. The summed E-state index contributed by atoms with van der Waals surface area (Å²) in [5.74, 6) is 0. The largest absolute Gasteiger partial charge is 0.382 e. The van der Waals surface area contributed by atoms with Gasteiger partial charge in [-0.1, -0.05) is 13.0 Å². The minimum atomic E-state index is -0.000599. The lowest BCUT2D eigenvalue weighted by atomic mass is 10.0. The van der Waals surface area contributed by atoms with E-state index in [1.807, 2.05) is 12.1 Å². The minimum absolute atomic E-state index is 0.000599. The summed E-state index contributed by atoms with van der Waals surface area (Å²) in [6, 6.07) is 8.59. The van der Waals surface area contributed by atoms with Gasteiger partial charge in [0.25, 0.3) is 0 Å². The van der Waals surface area contributed by atoms with Crippen LogP contribution < -0.4 is 15.5 Å². The molecule has 1 aliphatic carbocycles. The van der Waals surface area contributed by atoms with Gasteiger partial charge in [-0.3, -0.25) is 4.90 Å². The van der Waals surface area contributed by atoms with Crippen molar-refractivity contribution in [2.45, 2.75) is 32.7 Å². The van der Waals surface area contributed by atoms with Gasteiger partial charge < -0.3 is 10.6 Å². The fraction of sp³-hybridized carbons (Fsp3) is 0.533. The molecule has 3 rings (SSSR count). The van der Waals surface area contributed by atoms with Crippen LogP contribution in [0, 0.1) is 5.41 Å². The number of rotatable bonds is 4. The normalized spacial score (nSPS) is 22.0. The van der Waals surface area contributed by atoms with Crippen molar-refractivity contribution in [1.29, 1.82) is 0 Å². The number of amides is 2. The monoisotopic (exact) mass is 259 g/mol. The molecule has 1 heterocycles. The number of hydrogen-bond donors (Lipinski definition) is 2. The van der Waals surface area contributed by atoms with Crippen LogP contribution in [-0.2, 0) is 0 Å². The van der Waals surface area contributed by atoms with Crippen molar-refractivity contribution in [1.82, 2.24) is 5.32 Å². The number of nitrogens with zero attached hydrogens (tertiary/aromatic N) is 1. The molecule has 0 spiro atoms. The molecule has 0 aromatic heterocycles. The van der Waals surface area contributed by atoms with Crippen LogP contribution in [0.5, 0.6) is 0 Å². The zero-order chi connectivity index (χ0) is 13.5. The van der Waals surface area contributed by atoms with Crippen molar-refractivity contribution in [3.63, 3.8) is 0 Å². The van der Waals surface area contributed by atoms with E-state index in [9.17, 15) is 4.79 Å². The molecule has 1 saturated heterocycles. The third-order valence-corrected chi connectivity index (χ3v) is 4.48. The van der Waals surface area contributed by atoms with E-state index in [0.717, 1.165) is 24.5 Å². The van der Waals surface area contributed by atoms with Crippen LogP contribution in [0.4, 0.5) is 16.2 Å². The molecule has 102 valence electrons. The van der Waals surface area contributed by atoms with Crippen molar-refractivity contribution < 1.29 is 4.79 Å². The SMILES string of the molecule is CC(Nc1cccc(N2CCNC2=O)c1)C1(C)CC1. The van der Waals surface area contributed by atoms with E-state index in [1.54, 1.807) is 4.90 Å². The molecule has 4 nitrogen and oxygen atoms in total. The Hall–Kier alpha value is -1.71. The summed E-state index contributed by atoms with van der Waals surface area (Å²) in [6.07, 6.45) is 2.60. The number of carbonyl (C=O) groups excluding carboxylic acids is 1. The van der Waals surface area contributed by atoms with Gasteiger partial charge in [0.15, 0.2) is 0 Å². The van der Waals surface area contributed by atoms with Crippen molar-refractivity contribution in [2.24, 2.45) is 5.41 Å². The summed E-state index contributed by atoms with van der Waals surface area (Å²) >= 11 is 0. The third-order valence-electron chi connectivity index (χ3n) is 4.48. The quantitative estimate of drug-likeness (QED) is 0.873. The molecule has 19 heavy (non-hydrogen) atoms. The third kappa shape index (κ3) is 2.39. The smallest absolute Gasteiger partial charge is 0.321 e. The van der Waals surface area contributed by atoms with E-state index in [2.05, 4.69) is 36.6 Å². The van der Waals surface area contributed by atoms with E-state index in [-0.39, 0.29) is 6.03 Å². The fourth-order valence-electron chi connectivity index (χ4n) is 2.54. The van der Waals surface area contributed by atoms with Crippen LogP contribution in [0.25, 0.3) is 0 Å². The maximum Gasteiger partial charge on any atom is 0.321 e. The number of nitrogens with one attached hydrogen (secondary N) is 2. The highest BCUT2D eigenvalue weighted by Gasteiger charge is 2.42. The lowest BCUT2D eigenvalue weighted by Crippen LogP contribution is -2.28. The Kier molecular flexibility index (Phi) is 2.88. The first-order valence-corrected chi connectivity index (χ1v) is 7.00. The highest BCUT2D eigenvalue weighted by Crippen LogP contribution is 2.48. The minimum Gasteiger partial charge on any atom is -0.382 e. The van der Waals surface area contributed by atoms with Crippen molar-refractivity contribution in [3.05, 3.63) is 24.3 Å². The van der Waals surface area contributed by atoms with E-state index < -0.39 is 0 Å². The molecule has 1 aliphatic heterocycles. The molecule has 1 aromatic carbocycles.